The van der Waals surface area contributed by atoms with E-state index < -0.39 is 17.9 Å². The van der Waals surface area contributed by atoms with E-state index in [0.717, 1.165) is 0 Å². The molecule has 5 nitrogen and oxygen atoms in total. The minimum atomic E-state index is -0.630. The zero-order chi connectivity index (χ0) is 12.6. The molecule has 7 heteroatoms. The highest BCUT2D eigenvalue weighted by Crippen LogP contribution is 2.25. The fourth-order valence-corrected chi connectivity index (χ4v) is 3.04. The quantitative estimate of drug-likeness (QED) is 0.786. The van der Waals surface area contributed by atoms with Gasteiger partial charge < -0.3 is 4.90 Å². The number of carbonyl (C=O) groups is 3. The van der Waals surface area contributed by atoms with Crippen LogP contribution in [0.5, 0.6) is 0 Å². The molecule has 0 aromatic carbocycles. The Morgan fingerprint density at radius 1 is 1.59 bits per heavy atom. The topological polar surface area (TPSA) is 66.5 Å². The van der Waals surface area contributed by atoms with Crippen LogP contribution in [-0.2, 0) is 9.59 Å². The summed E-state index contributed by atoms with van der Waals surface area (Å²) in [7, 11) is 0. The summed E-state index contributed by atoms with van der Waals surface area (Å²) < 4.78 is 0.679. The lowest BCUT2D eigenvalue weighted by Crippen LogP contribution is -2.58. The van der Waals surface area contributed by atoms with E-state index in [4.69, 9.17) is 0 Å². The average Bonchev–Trinajstić information content (AvgIpc) is 2.69. The highest BCUT2D eigenvalue weighted by molar-refractivity contribution is 9.10. The van der Waals surface area contributed by atoms with Crippen LogP contribution in [0.2, 0.25) is 0 Å². The lowest BCUT2D eigenvalue weighted by atomic mass is 10.2. The minimum Gasteiger partial charge on any atom is -0.317 e. The Morgan fingerprint density at radius 2 is 2.29 bits per heavy atom. The third-order valence-electron chi connectivity index (χ3n) is 2.50. The summed E-state index contributed by atoms with van der Waals surface area (Å²) in [5, 5.41) is 3.97. The number of hydrogen-bond acceptors (Lipinski definition) is 4. The summed E-state index contributed by atoms with van der Waals surface area (Å²) in [5.41, 5.74) is 0. The summed E-state index contributed by atoms with van der Waals surface area (Å²) in [6.07, 6.45) is 0. The Labute approximate surface area is 110 Å². The van der Waals surface area contributed by atoms with Crippen molar-refractivity contribution < 1.29 is 14.4 Å². The third-order valence-corrected chi connectivity index (χ3v) is 4.32. The molecule has 17 heavy (non-hydrogen) atoms. The highest BCUT2D eigenvalue weighted by atomic mass is 79.9. The number of hydrogen-bond donors (Lipinski definition) is 1. The molecule has 1 saturated heterocycles. The first-order valence-electron chi connectivity index (χ1n) is 4.88. The Kier molecular flexibility index (Phi) is 3.30. The van der Waals surface area contributed by atoms with Crippen LogP contribution in [0.3, 0.4) is 0 Å². The fraction of sp³-hybridized carbons (Fsp3) is 0.300. The van der Waals surface area contributed by atoms with Gasteiger partial charge in [0.2, 0.25) is 11.8 Å². The van der Waals surface area contributed by atoms with Crippen molar-refractivity contribution in [3.63, 3.8) is 0 Å². The van der Waals surface area contributed by atoms with Gasteiger partial charge in [0.1, 0.15) is 17.5 Å². The highest BCUT2D eigenvalue weighted by Gasteiger charge is 2.34. The van der Waals surface area contributed by atoms with Crippen molar-refractivity contribution >= 4 is 45.0 Å². The van der Waals surface area contributed by atoms with Crippen LogP contribution < -0.4 is 5.32 Å². The van der Waals surface area contributed by atoms with E-state index in [0.29, 0.717) is 9.35 Å². The van der Waals surface area contributed by atoms with E-state index >= 15 is 0 Å². The maximum absolute atomic E-state index is 12.2. The van der Waals surface area contributed by atoms with E-state index in [1.165, 1.54) is 16.2 Å². The van der Waals surface area contributed by atoms with Crippen molar-refractivity contribution in [3.05, 3.63) is 20.8 Å². The first-order chi connectivity index (χ1) is 8.00. The van der Waals surface area contributed by atoms with Crippen LogP contribution in [0, 0.1) is 0 Å². The van der Waals surface area contributed by atoms with E-state index in [1.54, 1.807) is 18.4 Å². The Bertz CT molecular complexity index is 499. The molecule has 0 saturated carbocycles. The molecule has 0 radical (unpaired) electrons. The molecule has 2 heterocycles. The van der Waals surface area contributed by atoms with Gasteiger partial charge in [-0.15, -0.1) is 11.3 Å². The second-order valence-corrected chi connectivity index (χ2v) is 5.39. The number of carbonyl (C=O) groups excluding carboxylic acids is 3. The van der Waals surface area contributed by atoms with Gasteiger partial charge in [0.05, 0.1) is 0 Å². The van der Waals surface area contributed by atoms with Crippen LogP contribution in [0.1, 0.15) is 16.6 Å². The van der Waals surface area contributed by atoms with Crippen LogP contribution >= 0.6 is 27.3 Å². The summed E-state index contributed by atoms with van der Waals surface area (Å²) in [6, 6.07) is 1.13. The SMILES string of the molecule is CC1C(=O)NC(=O)CN1C(=O)c1sccc1Br. The van der Waals surface area contributed by atoms with Gasteiger partial charge in [-0.2, -0.15) is 0 Å². The number of halogens is 1. The maximum Gasteiger partial charge on any atom is 0.266 e. The predicted molar refractivity (Wildman–Crippen MR) is 65.7 cm³/mol. The van der Waals surface area contributed by atoms with Gasteiger partial charge in [0.25, 0.3) is 5.91 Å². The normalized spacial score (nSPS) is 20.4. The van der Waals surface area contributed by atoms with Crippen molar-refractivity contribution in [2.24, 2.45) is 0 Å². The molecule has 0 bridgehead atoms. The first kappa shape index (κ1) is 12.3. The predicted octanol–water partition coefficient (Wildman–Crippen LogP) is 0.998. The van der Waals surface area contributed by atoms with Crippen LogP contribution in [-0.4, -0.2) is 35.2 Å². The minimum absolute atomic E-state index is 0.0872. The summed E-state index contributed by atoms with van der Waals surface area (Å²) in [4.78, 5) is 36.6. The van der Waals surface area contributed by atoms with E-state index in [-0.39, 0.29) is 12.5 Å². The van der Waals surface area contributed by atoms with Gasteiger partial charge >= 0.3 is 0 Å². The van der Waals surface area contributed by atoms with Gasteiger partial charge in [-0.1, -0.05) is 0 Å². The fourth-order valence-electron chi connectivity index (χ4n) is 1.54. The zero-order valence-electron chi connectivity index (χ0n) is 8.90. The number of rotatable bonds is 1. The largest absolute Gasteiger partial charge is 0.317 e. The lowest BCUT2D eigenvalue weighted by Gasteiger charge is -2.31. The smallest absolute Gasteiger partial charge is 0.266 e. The first-order valence-corrected chi connectivity index (χ1v) is 6.55. The molecule has 1 N–H and O–H groups in total. The second kappa shape index (κ2) is 4.58. The molecule has 1 unspecified atom stereocenters. The number of thiophene rings is 1. The molecule has 1 fully saturated rings. The van der Waals surface area contributed by atoms with Crippen molar-refractivity contribution in [1.82, 2.24) is 10.2 Å². The van der Waals surface area contributed by atoms with Crippen LogP contribution in [0.15, 0.2) is 15.9 Å². The second-order valence-electron chi connectivity index (χ2n) is 3.62. The summed E-state index contributed by atoms with van der Waals surface area (Å²) in [6.45, 7) is 1.51. The zero-order valence-corrected chi connectivity index (χ0v) is 11.3. The molecular weight excluding hydrogens is 308 g/mol. The molecule has 1 aliphatic rings. The molecule has 0 spiro atoms. The van der Waals surface area contributed by atoms with Crippen molar-refractivity contribution in [1.29, 1.82) is 0 Å². The van der Waals surface area contributed by atoms with Crippen molar-refractivity contribution in [3.8, 4) is 0 Å². The molecule has 1 aliphatic heterocycles. The molecule has 1 aromatic heterocycles. The third kappa shape index (κ3) is 2.25. The molecule has 2 rings (SSSR count). The van der Waals surface area contributed by atoms with Crippen LogP contribution in [0.25, 0.3) is 0 Å². The number of imide groups is 1. The van der Waals surface area contributed by atoms with Gasteiger partial charge in [-0.3, -0.25) is 19.7 Å². The van der Waals surface area contributed by atoms with E-state index in [1.807, 2.05) is 0 Å². The molecule has 0 aliphatic carbocycles. The van der Waals surface area contributed by atoms with E-state index in [9.17, 15) is 14.4 Å². The number of nitrogens with one attached hydrogen (secondary N) is 1. The molecule has 3 amide bonds. The molecule has 1 atom stereocenters. The average molecular weight is 317 g/mol. The number of nitrogens with zero attached hydrogens (tertiary/aromatic N) is 1. The van der Waals surface area contributed by atoms with Crippen molar-refractivity contribution in [2.45, 2.75) is 13.0 Å². The Morgan fingerprint density at radius 3 is 2.88 bits per heavy atom. The van der Waals surface area contributed by atoms with Crippen LogP contribution in [0.4, 0.5) is 0 Å². The van der Waals surface area contributed by atoms with Gasteiger partial charge in [0.15, 0.2) is 0 Å². The number of amides is 3. The van der Waals surface area contributed by atoms with Gasteiger partial charge in [-0.05, 0) is 34.3 Å². The van der Waals surface area contributed by atoms with Gasteiger partial charge in [-0.25, -0.2) is 0 Å². The molecule has 90 valence electrons. The van der Waals surface area contributed by atoms with E-state index in [2.05, 4.69) is 21.2 Å². The Balaban J connectivity index is 2.27. The summed E-state index contributed by atoms with van der Waals surface area (Å²) in [5.74, 6) is -1.20. The standard InChI is InChI=1S/C10H9BrN2O3S/c1-5-9(15)12-7(14)4-13(5)10(16)8-6(11)2-3-17-8/h2-3,5H,4H2,1H3,(H,12,14,15). The lowest BCUT2D eigenvalue weighted by molar-refractivity contribution is -0.138. The molecule has 1 aromatic rings. The summed E-state index contributed by atoms with van der Waals surface area (Å²) >= 11 is 4.54. The van der Waals surface area contributed by atoms with Gasteiger partial charge in [0, 0.05) is 4.47 Å². The van der Waals surface area contributed by atoms with Crippen molar-refractivity contribution in [2.75, 3.05) is 6.54 Å². The number of piperazine rings is 1. The monoisotopic (exact) mass is 316 g/mol. The maximum atomic E-state index is 12.2. The Hall–Kier alpha value is -1.21. The molecular formula is C10H9BrN2O3S.